The summed E-state index contributed by atoms with van der Waals surface area (Å²) in [5.41, 5.74) is 0.437. The van der Waals surface area contributed by atoms with E-state index in [9.17, 15) is 14.4 Å². The summed E-state index contributed by atoms with van der Waals surface area (Å²) < 4.78 is 5.59. The summed E-state index contributed by atoms with van der Waals surface area (Å²) in [4.78, 5) is 34.3. The second kappa shape index (κ2) is 9.12. The number of hydrogen-bond donors (Lipinski definition) is 2. The van der Waals surface area contributed by atoms with Crippen LogP contribution in [0.2, 0.25) is 0 Å². The minimum atomic E-state index is -0.660. The van der Waals surface area contributed by atoms with Crippen molar-refractivity contribution in [2.24, 2.45) is 0 Å². The second-order valence-electron chi connectivity index (χ2n) is 4.20. The van der Waals surface area contributed by atoms with Gasteiger partial charge in [-0.1, -0.05) is 22.9 Å². The molecule has 0 aromatic heterocycles. The molecule has 0 bridgehead atoms. The Balaban J connectivity index is 2.28. The number of nitrogens with one attached hydrogen (secondary N) is 2. The van der Waals surface area contributed by atoms with Crippen LogP contribution in [0, 0.1) is 0 Å². The Bertz CT molecular complexity index is 502. The Morgan fingerprint density at radius 1 is 1.14 bits per heavy atom. The Kier molecular flexibility index (Phi) is 7.45. The maximum atomic E-state index is 11.7. The molecule has 114 valence electrons. The number of benzene rings is 1. The van der Waals surface area contributed by atoms with Crippen molar-refractivity contribution in [3.63, 3.8) is 0 Å². The van der Waals surface area contributed by atoms with Crippen molar-refractivity contribution < 1.29 is 19.1 Å². The van der Waals surface area contributed by atoms with Crippen molar-refractivity contribution in [3.8, 4) is 0 Å². The fourth-order valence-electron chi connectivity index (χ4n) is 1.37. The maximum Gasteiger partial charge on any atom is 0.325 e. The lowest BCUT2D eigenvalue weighted by Crippen LogP contribution is -2.34. The molecule has 0 aliphatic carbocycles. The highest BCUT2D eigenvalue weighted by molar-refractivity contribution is 9.10. The molecule has 2 N–H and O–H groups in total. The van der Waals surface area contributed by atoms with Gasteiger partial charge in [-0.2, -0.15) is 0 Å². The third-order valence-electron chi connectivity index (χ3n) is 2.44. The zero-order chi connectivity index (χ0) is 15.7. The third kappa shape index (κ3) is 6.89. The van der Waals surface area contributed by atoms with Crippen LogP contribution in [0.15, 0.2) is 28.7 Å². The van der Waals surface area contributed by atoms with Gasteiger partial charge in [-0.05, 0) is 30.7 Å². The molecule has 0 radical (unpaired) electrons. The predicted molar refractivity (Wildman–Crippen MR) is 80.7 cm³/mol. The fourth-order valence-corrected chi connectivity index (χ4v) is 1.63. The van der Waals surface area contributed by atoms with Gasteiger partial charge in [0.15, 0.2) is 6.61 Å². The van der Waals surface area contributed by atoms with E-state index >= 15 is 0 Å². The number of amides is 2. The van der Waals surface area contributed by atoms with Gasteiger partial charge in [0, 0.05) is 16.6 Å². The lowest BCUT2D eigenvalue weighted by atomic mass is 10.2. The molecule has 0 saturated heterocycles. The summed E-state index contributed by atoms with van der Waals surface area (Å²) in [6, 6.07) is 6.71. The van der Waals surface area contributed by atoms with E-state index in [-0.39, 0.29) is 25.0 Å². The summed E-state index contributed by atoms with van der Waals surface area (Å²) in [7, 11) is 0. The number of halogens is 1. The van der Waals surface area contributed by atoms with Crippen molar-refractivity contribution in [3.05, 3.63) is 34.3 Å². The van der Waals surface area contributed by atoms with Crippen LogP contribution < -0.4 is 10.6 Å². The molecule has 7 heteroatoms. The maximum absolute atomic E-state index is 11.7. The zero-order valence-electron chi connectivity index (χ0n) is 11.6. The molecule has 1 rings (SSSR count). The number of rotatable bonds is 7. The number of esters is 1. The first-order valence-electron chi connectivity index (χ1n) is 6.49. The number of hydrogen-bond acceptors (Lipinski definition) is 4. The van der Waals surface area contributed by atoms with Gasteiger partial charge in [-0.15, -0.1) is 0 Å². The summed E-state index contributed by atoms with van der Waals surface area (Å²) >= 11 is 3.26. The average molecular weight is 357 g/mol. The van der Waals surface area contributed by atoms with Gasteiger partial charge >= 0.3 is 5.97 Å². The first-order valence-corrected chi connectivity index (χ1v) is 7.28. The third-order valence-corrected chi connectivity index (χ3v) is 2.96. The normalized spacial score (nSPS) is 9.81. The molecule has 0 unspecified atom stereocenters. The van der Waals surface area contributed by atoms with Gasteiger partial charge < -0.3 is 15.4 Å². The molecular formula is C14H17BrN2O4. The van der Waals surface area contributed by atoms with E-state index in [4.69, 9.17) is 4.74 Å². The first kappa shape index (κ1) is 17.2. The number of carbonyl (C=O) groups is 3. The highest BCUT2D eigenvalue weighted by Gasteiger charge is 2.10. The summed E-state index contributed by atoms with van der Waals surface area (Å²) in [6.07, 6.45) is 0.808. The molecule has 0 saturated carbocycles. The summed E-state index contributed by atoms with van der Waals surface area (Å²) in [5, 5.41) is 5.00. The van der Waals surface area contributed by atoms with Crippen molar-refractivity contribution >= 4 is 33.7 Å². The van der Waals surface area contributed by atoms with E-state index in [1.54, 1.807) is 24.3 Å². The largest absolute Gasteiger partial charge is 0.454 e. The van der Waals surface area contributed by atoms with Crippen LogP contribution in [-0.2, 0) is 14.3 Å². The van der Waals surface area contributed by atoms with Crippen molar-refractivity contribution in [2.75, 3.05) is 19.7 Å². The van der Waals surface area contributed by atoms with Crippen LogP contribution in [0.3, 0.4) is 0 Å². The van der Waals surface area contributed by atoms with Gasteiger partial charge in [0.2, 0.25) is 0 Å². The monoisotopic (exact) mass is 356 g/mol. The van der Waals surface area contributed by atoms with E-state index in [1.807, 2.05) is 6.92 Å². The van der Waals surface area contributed by atoms with Crippen molar-refractivity contribution in [2.45, 2.75) is 13.3 Å². The van der Waals surface area contributed by atoms with E-state index in [0.29, 0.717) is 12.1 Å². The van der Waals surface area contributed by atoms with Crippen LogP contribution in [0.25, 0.3) is 0 Å². The molecule has 0 heterocycles. The van der Waals surface area contributed by atoms with Crippen LogP contribution in [0.4, 0.5) is 0 Å². The first-order chi connectivity index (χ1) is 10.0. The van der Waals surface area contributed by atoms with Gasteiger partial charge in [0.25, 0.3) is 11.8 Å². The van der Waals surface area contributed by atoms with Gasteiger partial charge in [0.1, 0.15) is 6.54 Å². The van der Waals surface area contributed by atoms with Crippen molar-refractivity contribution in [1.29, 1.82) is 0 Å². The quantitative estimate of drug-likeness (QED) is 0.720. The van der Waals surface area contributed by atoms with Crippen LogP contribution in [0.1, 0.15) is 23.7 Å². The lowest BCUT2D eigenvalue weighted by Gasteiger charge is -2.07. The van der Waals surface area contributed by atoms with Crippen LogP contribution in [-0.4, -0.2) is 37.5 Å². The highest BCUT2D eigenvalue weighted by Crippen LogP contribution is 2.10. The molecular weight excluding hydrogens is 340 g/mol. The smallest absolute Gasteiger partial charge is 0.325 e. The summed E-state index contributed by atoms with van der Waals surface area (Å²) in [5.74, 6) is -1.40. The molecule has 0 aliphatic heterocycles. The van der Waals surface area contributed by atoms with Crippen molar-refractivity contribution in [1.82, 2.24) is 10.6 Å². The lowest BCUT2D eigenvalue weighted by molar-refractivity contribution is -0.147. The predicted octanol–water partition coefficient (Wildman–Crippen LogP) is 1.25. The Hall–Kier alpha value is -1.89. The number of ether oxygens (including phenoxy) is 1. The Morgan fingerprint density at radius 2 is 1.81 bits per heavy atom. The second-order valence-corrected chi connectivity index (χ2v) is 5.12. The van der Waals surface area contributed by atoms with Gasteiger partial charge in [0.05, 0.1) is 0 Å². The fraction of sp³-hybridized carbons (Fsp3) is 0.357. The van der Waals surface area contributed by atoms with Gasteiger partial charge in [-0.25, -0.2) is 0 Å². The standard InChI is InChI=1S/C14H17BrN2O4/c1-2-7-16-12(18)9-21-13(19)8-17-14(20)10-3-5-11(15)6-4-10/h3-6H,2,7-9H2,1H3,(H,16,18)(H,17,20). The Morgan fingerprint density at radius 3 is 2.43 bits per heavy atom. The molecule has 0 atom stereocenters. The minimum absolute atomic E-state index is 0.282. The molecule has 1 aromatic rings. The van der Waals surface area contributed by atoms with E-state index in [1.165, 1.54) is 0 Å². The van der Waals surface area contributed by atoms with E-state index < -0.39 is 5.97 Å². The zero-order valence-corrected chi connectivity index (χ0v) is 13.2. The van der Waals surface area contributed by atoms with Crippen LogP contribution >= 0.6 is 15.9 Å². The van der Waals surface area contributed by atoms with E-state index in [0.717, 1.165) is 10.9 Å². The molecule has 6 nitrogen and oxygen atoms in total. The number of carbonyl (C=O) groups excluding carboxylic acids is 3. The Labute approximate surface area is 131 Å². The van der Waals surface area contributed by atoms with Crippen LogP contribution in [0.5, 0.6) is 0 Å². The molecule has 1 aromatic carbocycles. The molecule has 0 fully saturated rings. The highest BCUT2D eigenvalue weighted by atomic mass is 79.9. The average Bonchev–Trinajstić information content (AvgIpc) is 2.49. The SMILES string of the molecule is CCCNC(=O)COC(=O)CNC(=O)c1ccc(Br)cc1. The summed E-state index contributed by atoms with van der Waals surface area (Å²) in [6.45, 7) is 1.84. The van der Waals surface area contributed by atoms with Gasteiger partial charge in [-0.3, -0.25) is 14.4 Å². The molecule has 0 spiro atoms. The minimum Gasteiger partial charge on any atom is -0.454 e. The molecule has 0 aliphatic rings. The van der Waals surface area contributed by atoms with E-state index in [2.05, 4.69) is 26.6 Å². The molecule has 2 amide bonds. The topological polar surface area (TPSA) is 84.5 Å². The molecule has 21 heavy (non-hydrogen) atoms.